The number of amides is 1. The molecule has 1 atom stereocenters. The van der Waals surface area contributed by atoms with E-state index in [4.69, 9.17) is 0 Å². The fourth-order valence-electron chi connectivity index (χ4n) is 3.29. The van der Waals surface area contributed by atoms with Crippen LogP contribution in [-0.2, 0) is 18.3 Å². The molecule has 0 unspecified atom stereocenters. The first-order valence-electron chi connectivity index (χ1n) is 9.18. The van der Waals surface area contributed by atoms with Crippen molar-refractivity contribution in [3.63, 3.8) is 0 Å². The molecule has 0 radical (unpaired) electrons. The third-order valence-corrected chi connectivity index (χ3v) is 5.84. The molecule has 0 spiro atoms. The van der Waals surface area contributed by atoms with Crippen LogP contribution in [0, 0.1) is 0 Å². The maximum absolute atomic E-state index is 12.4. The van der Waals surface area contributed by atoms with Crippen molar-refractivity contribution in [2.75, 3.05) is 6.54 Å². The zero-order valence-electron chi connectivity index (χ0n) is 15.8. The van der Waals surface area contributed by atoms with Gasteiger partial charge in [-0.15, -0.1) is 21.5 Å². The van der Waals surface area contributed by atoms with Crippen LogP contribution in [0.1, 0.15) is 30.7 Å². The van der Waals surface area contributed by atoms with Gasteiger partial charge in [0, 0.05) is 26.4 Å². The summed E-state index contributed by atoms with van der Waals surface area (Å²) in [6.07, 6.45) is 0.770. The Morgan fingerprint density at radius 2 is 2.00 bits per heavy atom. The number of fused-ring (bicyclic) bond motifs is 3. The van der Waals surface area contributed by atoms with Crippen LogP contribution in [0.5, 0.6) is 0 Å². The SMILES string of the molecule is C[C@@H](CNC(=O)CCc1nnc2n(C)c(=O)c3sccc3n12)c1ccccc1. The molecule has 0 bridgehead atoms. The molecule has 3 heterocycles. The number of carbonyl (C=O) groups excluding carboxylic acids is 1. The molecule has 0 saturated heterocycles. The maximum atomic E-state index is 12.4. The van der Waals surface area contributed by atoms with Crippen LogP contribution >= 0.6 is 11.3 Å². The molecule has 1 N–H and O–H groups in total. The Hall–Kier alpha value is -3.00. The molecule has 0 saturated carbocycles. The lowest BCUT2D eigenvalue weighted by molar-refractivity contribution is -0.121. The van der Waals surface area contributed by atoms with E-state index in [9.17, 15) is 9.59 Å². The molecule has 0 aliphatic carbocycles. The van der Waals surface area contributed by atoms with Crippen LogP contribution in [-0.4, -0.2) is 31.6 Å². The van der Waals surface area contributed by atoms with Crippen LogP contribution < -0.4 is 10.9 Å². The average molecular weight is 395 g/mol. The molecule has 7 nitrogen and oxygen atoms in total. The molecule has 3 aromatic heterocycles. The van der Waals surface area contributed by atoms with Gasteiger partial charge in [-0.3, -0.25) is 18.6 Å². The maximum Gasteiger partial charge on any atom is 0.272 e. The Morgan fingerprint density at radius 1 is 1.21 bits per heavy atom. The number of carbonyl (C=O) groups is 1. The molecule has 1 amide bonds. The van der Waals surface area contributed by atoms with Crippen LogP contribution in [0.2, 0.25) is 0 Å². The Morgan fingerprint density at radius 3 is 2.79 bits per heavy atom. The minimum atomic E-state index is -0.0795. The number of nitrogens with one attached hydrogen (secondary N) is 1. The summed E-state index contributed by atoms with van der Waals surface area (Å²) in [6.45, 7) is 2.68. The molecule has 0 aliphatic heterocycles. The summed E-state index contributed by atoms with van der Waals surface area (Å²) < 4.78 is 4.03. The molecule has 28 heavy (non-hydrogen) atoms. The number of hydrogen-bond acceptors (Lipinski definition) is 5. The van der Waals surface area contributed by atoms with Crippen molar-refractivity contribution in [3.8, 4) is 0 Å². The smallest absolute Gasteiger partial charge is 0.272 e. The number of aromatic nitrogens is 4. The minimum absolute atomic E-state index is 0.0223. The number of rotatable bonds is 6. The molecular weight excluding hydrogens is 374 g/mol. The summed E-state index contributed by atoms with van der Waals surface area (Å²) >= 11 is 1.40. The molecule has 0 aliphatic rings. The highest BCUT2D eigenvalue weighted by molar-refractivity contribution is 7.17. The van der Waals surface area contributed by atoms with Crippen molar-refractivity contribution in [3.05, 3.63) is 63.5 Å². The fourth-order valence-corrected chi connectivity index (χ4v) is 4.15. The van der Waals surface area contributed by atoms with Gasteiger partial charge in [-0.1, -0.05) is 37.3 Å². The topological polar surface area (TPSA) is 81.3 Å². The summed E-state index contributed by atoms with van der Waals surface area (Å²) in [7, 11) is 1.69. The van der Waals surface area contributed by atoms with E-state index in [1.807, 2.05) is 34.0 Å². The molecular formula is C20H21N5O2S. The fraction of sp³-hybridized carbons (Fsp3) is 0.300. The highest BCUT2D eigenvalue weighted by atomic mass is 32.1. The van der Waals surface area contributed by atoms with Crippen LogP contribution in [0.25, 0.3) is 16.0 Å². The highest BCUT2D eigenvalue weighted by Crippen LogP contribution is 2.19. The standard InChI is InChI=1S/C20H21N5O2S/c1-13(14-6-4-3-5-7-14)12-21-17(26)9-8-16-22-23-20-24(2)19(27)18-15(25(16)20)10-11-28-18/h3-7,10-11,13H,8-9,12H2,1-2H3,(H,21,26)/t13-/m0/s1. The molecule has 0 fully saturated rings. The Balaban J connectivity index is 1.46. The van der Waals surface area contributed by atoms with Gasteiger partial charge in [0.15, 0.2) is 0 Å². The predicted molar refractivity (Wildman–Crippen MR) is 110 cm³/mol. The lowest BCUT2D eigenvalue weighted by Crippen LogP contribution is -2.28. The number of hydrogen-bond donors (Lipinski definition) is 1. The second-order valence-corrected chi connectivity index (χ2v) is 7.78. The van der Waals surface area contributed by atoms with Gasteiger partial charge in [-0.2, -0.15) is 0 Å². The summed E-state index contributed by atoms with van der Waals surface area (Å²) in [5.41, 5.74) is 1.91. The van der Waals surface area contributed by atoms with Gasteiger partial charge in [-0.25, -0.2) is 0 Å². The quantitative estimate of drug-likeness (QED) is 0.544. The second-order valence-electron chi connectivity index (χ2n) is 6.87. The van der Waals surface area contributed by atoms with Crippen molar-refractivity contribution >= 4 is 33.2 Å². The van der Waals surface area contributed by atoms with Crippen molar-refractivity contribution in [2.24, 2.45) is 7.05 Å². The summed E-state index contributed by atoms with van der Waals surface area (Å²) in [5.74, 6) is 1.40. The molecule has 1 aromatic carbocycles. The lowest BCUT2D eigenvalue weighted by atomic mass is 10.0. The molecule has 8 heteroatoms. The van der Waals surface area contributed by atoms with Crippen molar-refractivity contribution in [1.29, 1.82) is 0 Å². The van der Waals surface area contributed by atoms with Gasteiger partial charge >= 0.3 is 0 Å². The molecule has 4 rings (SSSR count). The number of benzene rings is 1. The van der Waals surface area contributed by atoms with E-state index in [-0.39, 0.29) is 17.4 Å². The summed E-state index contributed by atoms with van der Waals surface area (Å²) in [4.78, 5) is 24.7. The number of aryl methyl sites for hydroxylation is 2. The van der Waals surface area contributed by atoms with E-state index >= 15 is 0 Å². The zero-order valence-corrected chi connectivity index (χ0v) is 16.6. The summed E-state index contributed by atoms with van der Waals surface area (Å²) in [6, 6.07) is 12.0. The van der Waals surface area contributed by atoms with Crippen LogP contribution in [0.15, 0.2) is 46.6 Å². The molecule has 144 valence electrons. The second kappa shape index (κ2) is 7.55. The Kier molecular flexibility index (Phi) is 4.95. The van der Waals surface area contributed by atoms with Crippen molar-refractivity contribution in [1.82, 2.24) is 24.5 Å². The Bertz CT molecular complexity index is 1190. The monoisotopic (exact) mass is 395 g/mol. The van der Waals surface area contributed by atoms with Gasteiger partial charge in [-0.05, 0) is 22.9 Å². The normalized spacial score (nSPS) is 12.5. The number of nitrogens with zero attached hydrogens (tertiary/aromatic N) is 4. The minimum Gasteiger partial charge on any atom is -0.355 e. The first kappa shape index (κ1) is 18.4. The van der Waals surface area contributed by atoms with E-state index in [1.54, 1.807) is 7.05 Å². The van der Waals surface area contributed by atoms with E-state index in [0.29, 0.717) is 35.7 Å². The van der Waals surface area contributed by atoms with Gasteiger partial charge in [0.2, 0.25) is 11.7 Å². The predicted octanol–water partition coefficient (Wildman–Crippen LogP) is 2.50. The van der Waals surface area contributed by atoms with E-state index in [0.717, 1.165) is 5.52 Å². The van der Waals surface area contributed by atoms with E-state index in [2.05, 4.69) is 34.6 Å². The zero-order chi connectivity index (χ0) is 19.7. The Labute approximate surface area is 165 Å². The summed E-state index contributed by atoms with van der Waals surface area (Å²) in [5, 5.41) is 13.2. The first-order chi connectivity index (χ1) is 13.6. The van der Waals surface area contributed by atoms with Gasteiger partial charge in [0.25, 0.3) is 5.56 Å². The largest absolute Gasteiger partial charge is 0.355 e. The average Bonchev–Trinajstić information content (AvgIpc) is 3.36. The lowest BCUT2D eigenvalue weighted by Gasteiger charge is -2.13. The van der Waals surface area contributed by atoms with Gasteiger partial charge in [0.05, 0.1) is 5.52 Å². The third kappa shape index (κ3) is 3.31. The van der Waals surface area contributed by atoms with E-state index in [1.165, 1.54) is 21.5 Å². The third-order valence-electron chi connectivity index (χ3n) is 4.95. The number of thiophene rings is 1. The van der Waals surface area contributed by atoms with Crippen LogP contribution in [0.4, 0.5) is 0 Å². The van der Waals surface area contributed by atoms with Gasteiger partial charge < -0.3 is 5.32 Å². The molecule has 4 aromatic rings. The van der Waals surface area contributed by atoms with Gasteiger partial charge in [0.1, 0.15) is 10.5 Å². The highest BCUT2D eigenvalue weighted by Gasteiger charge is 2.16. The van der Waals surface area contributed by atoms with E-state index < -0.39 is 0 Å². The van der Waals surface area contributed by atoms with Crippen molar-refractivity contribution in [2.45, 2.75) is 25.7 Å². The van der Waals surface area contributed by atoms with Crippen LogP contribution in [0.3, 0.4) is 0 Å². The van der Waals surface area contributed by atoms with Crippen molar-refractivity contribution < 1.29 is 4.79 Å². The first-order valence-corrected chi connectivity index (χ1v) is 10.1.